The number of aromatic nitrogens is 5. The van der Waals surface area contributed by atoms with Gasteiger partial charge in [0, 0.05) is 49.2 Å². The summed E-state index contributed by atoms with van der Waals surface area (Å²) >= 11 is 0. The summed E-state index contributed by atoms with van der Waals surface area (Å²) in [7, 11) is 3.16. The van der Waals surface area contributed by atoms with E-state index in [1.165, 1.54) is 6.33 Å². The zero-order valence-corrected chi connectivity index (χ0v) is 15.7. The highest BCUT2D eigenvalue weighted by molar-refractivity contribution is 5.52. The molecule has 9 heteroatoms. The molecule has 0 saturated heterocycles. The van der Waals surface area contributed by atoms with E-state index in [1.54, 1.807) is 26.6 Å². The number of fused-ring (bicyclic) bond motifs is 1. The van der Waals surface area contributed by atoms with Crippen molar-refractivity contribution in [2.24, 2.45) is 0 Å². The van der Waals surface area contributed by atoms with Crippen LogP contribution in [0.25, 0.3) is 11.4 Å². The van der Waals surface area contributed by atoms with Gasteiger partial charge < -0.3 is 14.5 Å². The number of rotatable bonds is 5. The Kier molecular flexibility index (Phi) is 4.98. The van der Waals surface area contributed by atoms with Gasteiger partial charge in [-0.3, -0.25) is 9.69 Å². The van der Waals surface area contributed by atoms with Gasteiger partial charge in [-0.05, 0) is 12.5 Å². The predicted molar refractivity (Wildman–Crippen MR) is 101 cm³/mol. The molecule has 0 saturated carbocycles. The number of pyridine rings is 1. The van der Waals surface area contributed by atoms with Gasteiger partial charge in [0.05, 0.1) is 25.5 Å². The number of ether oxygens (including phenoxy) is 2. The van der Waals surface area contributed by atoms with Crippen LogP contribution in [-0.4, -0.2) is 50.6 Å². The molecule has 0 unspecified atom stereocenters. The molecular formula is C19H20N6O3. The lowest BCUT2D eigenvalue weighted by atomic mass is 10.1. The van der Waals surface area contributed by atoms with Crippen LogP contribution < -0.4 is 15.0 Å². The molecule has 144 valence electrons. The maximum Gasteiger partial charge on any atom is 0.254 e. The summed E-state index contributed by atoms with van der Waals surface area (Å²) in [5.74, 6) is 1.52. The number of methoxy groups -OCH3 is 2. The molecule has 0 fully saturated rings. The predicted octanol–water partition coefficient (Wildman–Crippen LogP) is 1.20. The lowest BCUT2D eigenvalue weighted by Crippen LogP contribution is -2.35. The van der Waals surface area contributed by atoms with E-state index in [2.05, 4.69) is 29.8 Å². The summed E-state index contributed by atoms with van der Waals surface area (Å²) < 4.78 is 10.5. The highest BCUT2D eigenvalue weighted by Gasteiger charge is 2.22. The molecule has 0 amide bonds. The van der Waals surface area contributed by atoms with Crippen molar-refractivity contribution in [1.29, 1.82) is 0 Å². The van der Waals surface area contributed by atoms with Gasteiger partial charge in [0.15, 0.2) is 0 Å². The molecule has 1 aliphatic rings. The normalized spacial score (nSPS) is 13.8. The molecule has 0 aromatic carbocycles. The molecular weight excluding hydrogens is 360 g/mol. The molecule has 0 atom stereocenters. The number of hydrogen-bond acceptors (Lipinski definition) is 8. The lowest BCUT2D eigenvalue weighted by molar-refractivity contribution is 0.235. The van der Waals surface area contributed by atoms with E-state index in [9.17, 15) is 4.79 Å². The third kappa shape index (κ3) is 3.56. The number of nitrogens with zero attached hydrogens (tertiary/aromatic N) is 5. The van der Waals surface area contributed by atoms with E-state index in [0.717, 1.165) is 23.4 Å². The zero-order valence-electron chi connectivity index (χ0n) is 15.7. The maximum absolute atomic E-state index is 12.5. The van der Waals surface area contributed by atoms with Crippen LogP contribution in [0.1, 0.15) is 16.8 Å². The van der Waals surface area contributed by atoms with Gasteiger partial charge in [0.25, 0.3) is 5.56 Å². The Morgan fingerprint density at radius 2 is 1.96 bits per heavy atom. The van der Waals surface area contributed by atoms with Crippen LogP contribution in [0.5, 0.6) is 11.8 Å². The fraction of sp³-hybridized carbons (Fsp3) is 0.316. The lowest BCUT2D eigenvalue weighted by Gasteiger charge is -2.28. The minimum atomic E-state index is -0.104. The fourth-order valence-electron chi connectivity index (χ4n) is 3.29. The first-order valence-corrected chi connectivity index (χ1v) is 8.85. The van der Waals surface area contributed by atoms with Crippen molar-refractivity contribution < 1.29 is 9.47 Å². The third-order valence-electron chi connectivity index (χ3n) is 4.70. The molecule has 3 aromatic rings. The molecule has 0 aliphatic carbocycles. The second-order valence-corrected chi connectivity index (χ2v) is 6.45. The van der Waals surface area contributed by atoms with Crippen molar-refractivity contribution in [2.45, 2.75) is 19.5 Å². The number of aromatic amines is 1. The van der Waals surface area contributed by atoms with Gasteiger partial charge in [-0.2, -0.15) is 4.98 Å². The quantitative estimate of drug-likeness (QED) is 0.704. The summed E-state index contributed by atoms with van der Waals surface area (Å²) in [4.78, 5) is 34.5. The summed E-state index contributed by atoms with van der Waals surface area (Å²) in [5, 5.41) is 0. The maximum atomic E-state index is 12.5. The van der Waals surface area contributed by atoms with E-state index >= 15 is 0 Å². The number of H-pyrrole nitrogens is 1. The molecule has 0 spiro atoms. The molecule has 9 nitrogen and oxygen atoms in total. The van der Waals surface area contributed by atoms with Crippen molar-refractivity contribution in [3.05, 3.63) is 58.0 Å². The van der Waals surface area contributed by atoms with E-state index in [-0.39, 0.29) is 5.56 Å². The molecule has 1 N–H and O–H groups in total. The van der Waals surface area contributed by atoms with Gasteiger partial charge in [0.1, 0.15) is 12.2 Å². The van der Waals surface area contributed by atoms with E-state index in [0.29, 0.717) is 42.7 Å². The molecule has 4 heterocycles. The number of hydrogen-bond donors (Lipinski definition) is 1. The Morgan fingerprint density at radius 1 is 1.14 bits per heavy atom. The van der Waals surface area contributed by atoms with E-state index in [1.807, 2.05) is 12.1 Å². The minimum Gasteiger partial charge on any atom is -0.481 e. The first kappa shape index (κ1) is 18.1. The molecule has 0 radical (unpaired) electrons. The smallest absolute Gasteiger partial charge is 0.254 e. The van der Waals surface area contributed by atoms with Crippen LogP contribution in [0.2, 0.25) is 0 Å². The first-order valence-electron chi connectivity index (χ1n) is 8.85. The Labute approximate surface area is 161 Å². The van der Waals surface area contributed by atoms with Crippen LogP contribution in [0.3, 0.4) is 0 Å². The first-order chi connectivity index (χ1) is 13.7. The fourth-order valence-corrected chi connectivity index (χ4v) is 3.29. The van der Waals surface area contributed by atoms with Gasteiger partial charge in [0.2, 0.25) is 11.8 Å². The molecule has 0 bridgehead atoms. The second kappa shape index (κ2) is 7.73. The summed E-state index contributed by atoms with van der Waals surface area (Å²) in [6.45, 7) is 1.95. The van der Waals surface area contributed by atoms with Gasteiger partial charge in [-0.15, -0.1) is 0 Å². The van der Waals surface area contributed by atoms with Crippen LogP contribution >= 0.6 is 0 Å². The van der Waals surface area contributed by atoms with E-state index < -0.39 is 0 Å². The molecule has 28 heavy (non-hydrogen) atoms. The van der Waals surface area contributed by atoms with Gasteiger partial charge >= 0.3 is 0 Å². The molecule has 3 aromatic heterocycles. The van der Waals surface area contributed by atoms with Crippen molar-refractivity contribution in [2.75, 3.05) is 20.8 Å². The topological polar surface area (TPSA) is 106 Å². The summed E-state index contributed by atoms with van der Waals surface area (Å²) in [6, 6.07) is 3.75. The largest absolute Gasteiger partial charge is 0.481 e. The zero-order chi connectivity index (χ0) is 19.5. The van der Waals surface area contributed by atoms with Crippen LogP contribution in [0, 0.1) is 0 Å². The minimum absolute atomic E-state index is 0.104. The second-order valence-electron chi connectivity index (χ2n) is 6.45. The Bertz CT molecular complexity index is 1040. The van der Waals surface area contributed by atoms with Gasteiger partial charge in [-0.1, -0.05) is 0 Å². The van der Waals surface area contributed by atoms with Crippen LogP contribution in [0.4, 0.5) is 0 Å². The third-order valence-corrected chi connectivity index (χ3v) is 4.70. The number of nitrogens with one attached hydrogen (secondary N) is 1. The summed E-state index contributed by atoms with van der Waals surface area (Å²) in [6.07, 6.45) is 5.34. The molecule has 1 aliphatic heterocycles. The standard InChI is InChI=1S/C19H20N6O3/c1-27-16-4-3-12(19(23-16)28-2)9-25-6-5-14-15(10-25)22-17(24-18(14)26)13-7-20-11-21-8-13/h3-4,7-8,11H,5-6,9-10H2,1-2H3,(H,22,24,26). The Hall–Kier alpha value is -3.33. The van der Waals surface area contributed by atoms with Gasteiger partial charge in [-0.25, -0.2) is 15.0 Å². The van der Waals surface area contributed by atoms with Crippen LogP contribution in [-0.2, 0) is 19.5 Å². The highest BCUT2D eigenvalue weighted by Crippen LogP contribution is 2.24. The Morgan fingerprint density at radius 3 is 2.71 bits per heavy atom. The highest BCUT2D eigenvalue weighted by atomic mass is 16.5. The molecule has 4 rings (SSSR count). The van der Waals surface area contributed by atoms with Crippen molar-refractivity contribution in [3.63, 3.8) is 0 Å². The van der Waals surface area contributed by atoms with Crippen molar-refractivity contribution in [1.82, 2.24) is 29.8 Å². The Balaban J connectivity index is 1.59. The van der Waals surface area contributed by atoms with Crippen molar-refractivity contribution in [3.8, 4) is 23.1 Å². The monoisotopic (exact) mass is 380 g/mol. The SMILES string of the molecule is COc1ccc(CN2CCc3c(nc(-c4cncnc4)[nH]c3=O)C2)c(OC)n1. The average Bonchev–Trinajstić information content (AvgIpc) is 2.74. The van der Waals surface area contributed by atoms with Crippen LogP contribution in [0.15, 0.2) is 35.6 Å². The average molecular weight is 380 g/mol. The summed E-state index contributed by atoms with van der Waals surface area (Å²) in [5.41, 5.74) is 3.03. The van der Waals surface area contributed by atoms with E-state index in [4.69, 9.17) is 9.47 Å². The van der Waals surface area contributed by atoms with Crippen molar-refractivity contribution >= 4 is 0 Å².